The molecule has 0 aliphatic carbocycles. The van der Waals surface area contributed by atoms with Gasteiger partial charge in [-0.25, -0.2) is 4.98 Å². The highest BCUT2D eigenvalue weighted by Gasteiger charge is 2.11. The zero-order chi connectivity index (χ0) is 13.0. The Hall–Kier alpha value is -1.68. The van der Waals surface area contributed by atoms with Crippen LogP contribution in [-0.2, 0) is 19.4 Å². The summed E-state index contributed by atoms with van der Waals surface area (Å²) in [4.78, 5) is 4.18. The van der Waals surface area contributed by atoms with Gasteiger partial charge in [-0.15, -0.1) is 0 Å². The van der Waals surface area contributed by atoms with Gasteiger partial charge in [0.25, 0.3) is 0 Å². The van der Waals surface area contributed by atoms with Gasteiger partial charge in [0.2, 0.25) is 0 Å². The van der Waals surface area contributed by atoms with Crippen LogP contribution in [0.4, 0.5) is 0 Å². The molecule has 0 amide bonds. The lowest BCUT2D eigenvalue weighted by molar-refractivity contribution is 0.171. The van der Waals surface area contributed by atoms with Gasteiger partial charge in [-0.3, -0.25) is 4.68 Å². The van der Waals surface area contributed by atoms with E-state index in [0.29, 0.717) is 12.8 Å². The maximum absolute atomic E-state index is 10.1. The normalized spacial score (nSPS) is 12.6. The Morgan fingerprint density at radius 3 is 2.89 bits per heavy atom. The lowest BCUT2D eigenvalue weighted by atomic mass is 10.0. The number of hydrogen-bond donors (Lipinski definition) is 1. The molecule has 0 aliphatic heterocycles. The second kappa shape index (κ2) is 5.78. The number of aromatic nitrogens is 3. The van der Waals surface area contributed by atoms with Crippen molar-refractivity contribution in [2.24, 2.45) is 0 Å². The van der Waals surface area contributed by atoms with Crippen LogP contribution in [0.1, 0.15) is 23.9 Å². The highest BCUT2D eigenvalue weighted by molar-refractivity contribution is 5.22. The largest absolute Gasteiger partial charge is 0.392 e. The van der Waals surface area contributed by atoms with Crippen molar-refractivity contribution >= 4 is 0 Å². The minimum Gasteiger partial charge on any atom is -0.392 e. The molecule has 0 fully saturated rings. The molecular weight excluding hydrogens is 226 g/mol. The highest BCUT2D eigenvalue weighted by atomic mass is 16.3. The zero-order valence-electron chi connectivity index (χ0n) is 10.9. The molecule has 1 unspecified atom stereocenters. The molecule has 4 heteroatoms. The quantitative estimate of drug-likeness (QED) is 0.873. The van der Waals surface area contributed by atoms with Crippen molar-refractivity contribution in [3.8, 4) is 0 Å². The van der Waals surface area contributed by atoms with Gasteiger partial charge in [-0.1, -0.05) is 29.8 Å². The predicted octanol–water partition coefficient (Wildman–Crippen LogP) is 1.75. The Labute approximate surface area is 107 Å². The fourth-order valence-electron chi connectivity index (χ4n) is 2.10. The van der Waals surface area contributed by atoms with E-state index >= 15 is 0 Å². The van der Waals surface area contributed by atoms with Crippen molar-refractivity contribution in [3.05, 3.63) is 47.5 Å². The first-order chi connectivity index (χ1) is 8.69. The average molecular weight is 245 g/mol. The van der Waals surface area contributed by atoms with Crippen LogP contribution < -0.4 is 0 Å². The molecule has 4 nitrogen and oxygen atoms in total. The number of aliphatic hydroxyl groups excluding tert-OH is 1. The van der Waals surface area contributed by atoms with Crippen molar-refractivity contribution in [2.75, 3.05) is 0 Å². The fraction of sp³-hybridized carbons (Fsp3) is 0.429. The Balaban J connectivity index is 1.98. The second-order valence-corrected chi connectivity index (χ2v) is 4.54. The number of nitrogens with zero attached hydrogens (tertiary/aromatic N) is 3. The average Bonchev–Trinajstić information content (AvgIpc) is 2.76. The van der Waals surface area contributed by atoms with Crippen LogP contribution in [0.2, 0.25) is 0 Å². The van der Waals surface area contributed by atoms with Gasteiger partial charge in [-0.2, -0.15) is 5.10 Å². The van der Waals surface area contributed by atoms with E-state index in [0.717, 1.165) is 17.9 Å². The molecule has 0 saturated heterocycles. The monoisotopic (exact) mass is 245 g/mol. The summed E-state index contributed by atoms with van der Waals surface area (Å²) in [5.41, 5.74) is 2.38. The topological polar surface area (TPSA) is 50.9 Å². The van der Waals surface area contributed by atoms with E-state index in [4.69, 9.17) is 0 Å². The Bertz CT molecular complexity index is 507. The minimum atomic E-state index is -0.415. The van der Waals surface area contributed by atoms with Gasteiger partial charge < -0.3 is 5.11 Å². The molecule has 0 aliphatic rings. The van der Waals surface area contributed by atoms with Gasteiger partial charge in [0.15, 0.2) is 0 Å². The molecule has 0 radical (unpaired) electrons. The molecule has 96 valence electrons. The van der Waals surface area contributed by atoms with Gasteiger partial charge in [0, 0.05) is 13.0 Å². The molecule has 1 atom stereocenters. The predicted molar refractivity (Wildman–Crippen MR) is 70.3 cm³/mol. The number of rotatable bonds is 5. The first kappa shape index (κ1) is 12.8. The van der Waals surface area contributed by atoms with Crippen LogP contribution in [-0.4, -0.2) is 26.0 Å². The summed E-state index contributed by atoms with van der Waals surface area (Å²) in [5.74, 6) is 0.845. The Morgan fingerprint density at radius 2 is 2.17 bits per heavy atom. The summed E-state index contributed by atoms with van der Waals surface area (Å²) in [5, 5.41) is 14.2. The summed E-state index contributed by atoms with van der Waals surface area (Å²) in [6.45, 7) is 4.86. The van der Waals surface area contributed by atoms with Crippen molar-refractivity contribution in [3.63, 3.8) is 0 Å². The van der Waals surface area contributed by atoms with Crippen molar-refractivity contribution in [1.29, 1.82) is 0 Å². The number of hydrogen-bond acceptors (Lipinski definition) is 3. The first-order valence-corrected chi connectivity index (χ1v) is 6.29. The van der Waals surface area contributed by atoms with Crippen LogP contribution in [0, 0.1) is 6.92 Å². The van der Waals surface area contributed by atoms with Crippen molar-refractivity contribution in [1.82, 2.24) is 14.8 Å². The van der Waals surface area contributed by atoms with Gasteiger partial charge in [-0.05, 0) is 25.8 Å². The molecule has 1 aromatic heterocycles. The molecule has 18 heavy (non-hydrogen) atoms. The summed E-state index contributed by atoms with van der Waals surface area (Å²) in [6.07, 6.45) is 2.32. The highest BCUT2D eigenvalue weighted by Crippen LogP contribution is 2.09. The minimum absolute atomic E-state index is 0.415. The zero-order valence-corrected chi connectivity index (χ0v) is 10.9. The molecule has 0 bridgehead atoms. The van der Waals surface area contributed by atoms with Gasteiger partial charge in [0.1, 0.15) is 12.2 Å². The van der Waals surface area contributed by atoms with E-state index in [9.17, 15) is 5.11 Å². The van der Waals surface area contributed by atoms with Crippen molar-refractivity contribution in [2.45, 2.75) is 39.3 Å². The second-order valence-electron chi connectivity index (χ2n) is 4.54. The van der Waals surface area contributed by atoms with E-state index in [1.165, 1.54) is 11.9 Å². The summed E-state index contributed by atoms with van der Waals surface area (Å²) >= 11 is 0. The third-order valence-electron chi connectivity index (χ3n) is 2.97. The standard InChI is InChI=1S/C14H19N3O/c1-3-17-14(15-10-16-17)9-13(18)8-12-6-4-5-11(2)7-12/h4-7,10,13,18H,3,8-9H2,1-2H3. The third kappa shape index (κ3) is 3.17. The SMILES string of the molecule is CCn1ncnc1CC(O)Cc1cccc(C)c1. The first-order valence-electron chi connectivity index (χ1n) is 6.29. The number of benzene rings is 1. The van der Waals surface area contributed by atoms with E-state index in [1.54, 1.807) is 0 Å². The maximum atomic E-state index is 10.1. The summed E-state index contributed by atoms with van der Waals surface area (Å²) in [6, 6.07) is 8.23. The molecule has 1 N–H and O–H groups in total. The van der Waals surface area contributed by atoms with Crippen LogP contribution >= 0.6 is 0 Å². The Kier molecular flexibility index (Phi) is 4.10. The maximum Gasteiger partial charge on any atom is 0.138 e. The fourth-order valence-corrected chi connectivity index (χ4v) is 2.10. The van der Waals surface area contributed by atoms with Crippen LogP contribution in [0.3, 0.4) is 0 Å². The number of aryl methyl sites for hydroxylation is 2. The van der Waals surface area contributed by atoms with Crippen LogP contribution in [0.25, 0.3) is 0 Å². The van der Waals surface area contributed by atoms with Crippen molar-refractivity contribution < 1.29 is 5.11 Å². The molecule has 0 saturated carbocycles. The smallest absolute Gasteiger partial charge is 0.138 e. The van der Waals surface area contributed by atoms with Crippen LogP contribution in [0.15, 0.2) is 30.6 Å². The molecule has 1 heterocycles. The van der Waals surface area contributed by atoms with Gasteiger partial charge in [0.05, 0.1) is 6.10 Å². The Morgan fingerprint density at radius 1 is 1.33 bits per heavy atom. The summed E-state index contributed by atoms with van der Waals surface area (Å²) in [7, 11) is 0. The number of aliphatic hydroxyl groups is 1. The van der Waals surface area contributed by atoms with E-state index in [1.807, 2.05) is 23.7 Å². The molecular formula is C14H19N3O. The lowest BCUT2D eigenvalue weighted by Crippen LogP contribution is -2.17. The van der Waals surface area contributed by atoms with E-state index < -0.39 is 6.10 Å². The molecule has 1 aromatic carbocycles. The van der Waals surface area contributed by atoms with E-state index in [2.05, 4.69) is 29.1 Å². The van der Waals surface area contributed by atoms with Gasteiger partial charge >= 0.3 is 0 Å². The molecule has 2 rings (SSSR count). The summed E-state index contributed by atoms with van der Waals surface area (Å²) < 4.78 is 1.82. The molecule has 2 aromatic rings. The van der Waals surface area contributed by atoms with Crippen LogP contribution in [0.5, 0.6) is 0 Å². The third-order valence-corrected chi connectivity index (χ3v) is 2.97. The lowest BCUT2D eigenvalue weighted by Gasteiger charge is -2.11. The molecule has 0 spiro atoms. The van der Waals surface area contributed by atoms with E-state index in [-0.39, 0.29) is 0 Å².